The standard InChI is InChI=1S/C13H18N4O3S/c1-5-9(11(19)20-4)21-13-16-15-12-14-10(18)6-8(7(2)3)17(12)13/h6-7,9H,5H2,1-4H3,(H,14,15,18). The molecule has 0 aliphatic heterocycles. The van der Waals surface area contributed by atoms with Gasteiger partial charge in [-0.2, -0.15) is 0 Å². The number of carbonyl (C=O) groups is 1. The van der Waals surface area contributed by atoms with Gasteiger partial charge in [0, 0.05) is 11.8 Å². The van der Waals surface area contributed by atoms with Crippen LogP contribution in [0.5, 0.6) is 0 Å². The maximum atomic E-state index is 11.7. The van der Waals surface area contributed by atoms with Gasteiger partial charge >= 0.3 is 5.97 Å². The Morgan fingerprint density at radius 1 is 1.48 bits per heavy atom. The molecule has 0 amide bonds. The van der Waals surface area contributed by atoms with Gasteiger partial charge in [-0.25, -0.2) is 0 Å². The minimum absolute atomic E-state index is 0.128. The number of methoxy groups -OCH3 is 1. The Labute approximate surface area is 126 Å². The first-order valence-corrected chi connectivity index (χ1v) is 7.58. The van der Waals surface area contributed by atoms with Crippen molar-refractivity contribution in [3.63, 3.8) is 0 Å². The predicted molar refractivity (Wildman–Crippen MR) is 79.6 cm³/mol. The Morgan fingerprint density at radius 3 is 2.76 bits per heavy atom. The summed E-state index contributed by atoms with van der Waals surface area (Å²) in [4.78, 5) is 26.0. The molecule has 0 saturated heterocycles. The molecule has 0 aliphatic rings. The zero-order valence-electron chi connectivity index (χ0n) is 12.4. The lowest BCUT2D eigenvalue weighted by atomic mass is 10.1. The van der Waals surface area contributed by atoms with Crippen molar-refractivity contribution >= 4 is 23.5 Å². The van der Waals surface area contributed by atoms with E-state index >= 15 is 0 Å². The zero-order valence-corrected chi connectivity index (χ0v) is 13.2. The largest absolute Gasteiger partial charge is 0.468 e. The van der Waals surface area contributed by atoms with Gasteiger partial charge in [0.25, 0.3) is 5.56 Å². The fourth-order valence-electron chi connectivity index (χ4n) is 1.99. The summed E-state index contributed by atoms with van der Waals surface area (Å²) in [5, 5.41) is 8.28. The average Bonchev–Trinajstić information content (AvgIpc) is 2.85. The smallest absolute Gasteiger partial charge is 0.319 e. The summed E-state index contributed by atoms with van der Waals surface area (Å²) >= 11 is 1.29. The molecule has 0 radical (unpaired) electrons. The van der Waals surface area contributed by atoms with Crippen molar-refractivity contribution in [2.45, 2.75) is 43.5 Å². The summed E-state index contributed by atoms with van der Waals surface area (Å²) in [7, 11) is 1.37. The Hall–Kier alpha value is -1.83. The molecule has 114 valence electrons. The van der Waals surface area contributed by atoms with Crippen LogP contribution in [0.4, 0.5) is 0 Å². The third kappa shape index (κ3) is 3.10. The topological polar surface area (TPSA) is 89.4 Å². The van der Waals surface area contributed by atoms with E-state index in [0.717, 1.165) is 5.69 Å². The second-order valence-electron chi connectivity index (χ2n) is 4.89. The first-order valence-electron chi connectivity index (χ1n) is 6.70. The second-order valence-corrected chi connectivity index (χ2v) is 6.06. The Kier molecular flexibility index (Phi) is 4.66. The average molecular weight is 310 g/mol. The van der Waals surface area contributed by atoms with E-state index in [1.165, 1.54) is 24.9 Å². The molecule has 2 aromatic rings. The van der Waals surface area contributed by atoms with Crippen LogP contribution in [0, 0.1) is 0 Å². The van der Waals surface area contributed by atoms with Crippen LogP contribution in [0.25, 0.3) is 5.78 Å². The molecule has 0 fully saturated rings. The van der Waals surface area contributed by atoms with Crippen LogP contribution < -0.4 is 5.56 Å². The molecule has 2 rings (SSSR count). The number of nitrogens with one attached hydrogen (secondary N) is 1. The highest BCUT2D eigenvalue weighted by Crippen LogP contribution is 2.27. The van der Waals surface area contributed by atoms with Crippen LogP contribution in [0.15, 0.2) is 16.0 Å². The first-order chi connectivity index (χ1) is 9.97. The lowest BCUT2D eigenvalue weighted by molar-refractivity contribution is -0.140. The van der Waals surface area contributed by atoms with E-state index in [1.807, 2.05) is 20.8 Å². The van der Waals surface area contributed by atoms with Crippen molar-refractivity contribution in [1.29, 1.82) is 0 Å². The summed E-state index contributed by atoms with van der Waals surface area (Å²) in [5.74, 6) is 0.214. The van der Waals surface area contributed by atoms with E-state index in [-0.39, 0.29) is 22.7 Å². The number of rotatable bonds is 5. The lowest BCUT2D eigenvalue weighted by Crippen LogP contribution is -2.19. The number of hydrogen-bond donors (Lipinski definition) is 1. The van der Waals surface area contributed by atoms with Crippen molar-refractivity contribution < 1.29 is 9.53 Å². The van der Waals surface area contributed by atoms with Gasteiger partial charge in [0.15, 0.2) is 5.16 Å². The minimum atomic E-state index is -0.352. The molecule has 1 unspecified atom stereocenters. The number of ether oxygens (including phenoxy) is 1. The fraction of sp³-hybridized carbons (Fsp3) is 0.538. The number of carbonyl (C=O) groups excluding carboxylic acids is 1. The Morgan fingerprint density at radius 2 is 2.19 bits per heavy atom. The number of aromatic nitrogens is 4. The number of H-pyrrole nitrogens is 1. The zero-order chi connectivity index (χ0) is 15.6. The monoisotopic (exact) mass is 310 g/mol. The quantitative estimate of drug-likeness (QED) is 0.666. The van der Waals surface area contributed by atoms with E-state index < -0.39 is 0 Å². The molecule has 0 bridgehead atoms. The molecule has 1 N–H and O–H groups in total. The predicted octanol–water partition coefficient (Wildman–Crippen LogP) is 1.58. The molecule has 2 heterocycles. The molecular formula is C13H18N4O3S. The van der Waals surface area contributed by atoms with Crippen molar-refractivity contribution in [2.24, 2.45) is 0 Å². The molecule has 21 heavy (non-hydrogen) atoms. The molecule has 0 spiro atoms. The number of thioether (sulfide) groups is 1. The maximum absolute atomic E-state index is 11.7. The summed E-state index contributed by atoms with van der Waals surface area (Å²) in [6.07, 6.45) is 0.618. The van der Waals surface area contributed by atoms with Crippen molar-refractivity contribution in [3.05, 3.63) is 22.1 Å². The molecule has 0 saturated carbocycles. The highest BCUT2D eigenvalue weighted by molar-refractivity contribution is 8.00. The number of fused-ring (bicyclic) bond motifs is 1. The minimum Gasteiger partial charge on any atom is -0.468 e. The second kappa shape index (κ2) is 6.30. The van der Waals surface area contributed by atoms with Gasteiger partial charge in [-0.05, 0) is 12.3 Å². The van der Waals surface area contributed by atoms with Gasteiger partial charge in [0.2, 0.25) is 5.78 Å². The van der Waals surface area contributed by atoms with Crippen molar-refractivity contribution in [1.82, 2.24) is 19.6 Å². The molecule has 2 aromatic heterocycles. The van der Waals surface area contributed by atoms with E-state index in [9.17, 15) is 9.59 Å². The van der Waals surface area contributed by atoms with Gasteiger partial charge in [-0.1, -0.05) is 32.5 Å². The summed E-state index contributed by atoms with van der Waals surface area (Å²) in [6.45, 7) is 5.88. The van der Waals surface area contributed by atoms with E-state index in [0.29, 0.717) is 17.4 Å². The third-order valence-corrected chi connectivity index (χ3v) is 4.36. The summed E-state index contributed by atoms with van der Waals surface area (Å²) in [6, 6.07) is 1.53. The molecule has 1 atom stereocenters. The number of aromatic amines is 1. The van der Waals surface area contributed by atoms with Gasteiger partial charge in [-0.15, -0.1) is 10.2 Å². The van der Waals surface area contributed by atoms with E-state index in [1.54, 1.807) is 4.40 Å². The highest BCUT2D eigenvalue weighted by atomic mass is 32.2. The molecule has 7 nitrogen and oxygen atoms in total. The van der Waals surface area contributed by atoms with E-state index in [4.69, 9.17) is 4.74 Å². The van der Waals surface area contributed by atoms with Crippen molar-refractivity contribution in [3.8, 4) is 0 Å². The van der Waals surface area contributed by atoms with Gasteiger partial charge in [-0.3, -0.25) is 19.0 Å². The SMILES string of the molecule is CCC(Sc1nnc2[nH]c(=O)cc(C(C)C)n12)C(=O)OC. The first kappa shape index (κ1) is 15.6. The Balaban J connectivity index is 2.50. The number of nitrogens with zero attached hydrogens (tertiary/aromatic N) is 3. The van der Waals surface area contributed by atoms with Crippen LogP contribution in [0.2, 0.25) is 0 Å². The summed E-state index contributed by atoms with van der Waals surface area (Å²) in [5.41, 5.74) is 0.594. The van der Waals surface area contributed by atoms with Gasteiger partial charge in [0.1, 0.15) is 5.25 Å². The third-order valence-electron chi connectivity index (χ3n) is 3.08. The van der Waals surface area contributed by atoms with Crippen LogP contribution in [0.1, 0.15) is 38.8 Å². The summed E-state index contributed by atoms with van der Waals surface area (Å²) < 4.78 is 6.57. The number of hydrogen-bond acceptors (Lipinski definition) is 6. The molecule has 8 heteroatoms. The van der Waals surface area contributed by atoms with Gasteiger partial charge in [0.05, 0.1) is 7.11 Å². The lowest BCUT2D eigenvalue weighted by Gasteiger charge is -2.13. The van der Waals surface area contributed by atoms with Crippen LogP contribution in [0.3, 0.4) is 0 Å². The molecule has 0 aliphatic carbocycles. The normalized spacial score (nSPS) is 12.8. The van der Waals surface area contributed by atoms with Crippen LogP contribution in [-0.4, -0.2) is 37.9 Å². The molecule has 0 aromatic carbocycles. The maximum Gasteiger partial charge on any atom is 0.319 e. The van der Waals surface area contributed by atoms with Crippen LogP contribution in [-0.2, 0) is 9.53 Å². The Bertz CT molecular complexity index is 707. The van der Waals surface area contributed by atoms with Gasteiger partial charge < -0.3 is 4.74 Å². The molecular weight excluding hydrogens is 292 g/mol. The highest BCUT2D eigenvalue weighted by Gasteiger charge is 2.23. The van der Waals surface area contributed by atoms with Crippen molar-refractivity contribution in [2.75, 3.05) is 7.11 Å². The fourth-order valence-corrected chi connectivity index (χ4v) is 2.99. The van der Waals surface area contributed by atoms with E-state index in [2.05, 4.69) is 15.2 Å². The van der Waals surface area contributed by atoms with Crippen LogP contribution >= 0.6 is 11.8 Å². The number of esters is 1.